The molecular weight excluding hydrogens is 227 g/mol. The van der Waals surface area contributed by atoms with Crippen molar-refractivity contribution < 1.29 is 9.18 Å². The van der Waals surface area contributed by atoms with Gasteiger partial charge in [0.2, 0.25) is 5.91 Å². The fourth-order valence-corrected chi connectivity index (χ4v) is 1.58. The van der Waals surface area contributed by atoms with E-state index in [0.717, 1.165) is 0 Å². The van der Waals surface area contributed by atoms with Gasteiger partial charge in [0.25, 0.3) is 0 Å². The van der Waals surface area contributed by atoms with E-state index < -0.39 is 12.2 Å². The Balaban J connectivity index is 2.65. The van der Waals surface area contributed by atoms with Crippen molar-refractivity contribution in [3.63, 3.8) is 0 Å². The first-order chi connectivity index (χ1) is 5.69. The molecule has 0 spiro atoms. The minimum Gasteiger partial charge on any atom is -0.323 e. The average molecular weight is 235 g/mol. The first kappa shape index (κ1) is 9.46. The monoisotopic (exact) mass is 234 g/mol. The van der Waals surface area contributed by atoms with E-state index >= 15 is 0 Å². The topological polar surface area (TPSA) is 44.1 Å². The molecule has 0 bridgehead atoms. The second-order valence-electron chi connectivity index (χ2n) is 2.66. The molecule has 5 heteroatoms. The van der Waals surface area contributed by atoms with E-state index in [4.69, 9.17) is 5.26 Å². The van der Waals surface area contributed by atoms with Crippen LogP contribution in [0, 0.1) is 11.3 Å². The number of rotatable bonds is 1. The molecule has 0 N–H and O–H groups in total. The van der Waals surface area contributed by atoms with Crippen molar-refractivity contribution in [2.24, 2.45) is 0 Å². The van der Waals surface area contributed by atoms with Crippen LogP contribution in [0.5, 0.6) is 0 Å². The van der Waals surface area contributed by atoms with Crippen molar-refractivity contribution in [1.29, 1.82) is 5.26 Å². The molecule has 0 aliphatic carbocycles. The zero-order chi connectivity index (χ0) is 9.14. The number of amides is 1. The number of nitriles is 1. The summed E-state index contributed by atoms with van der Waals surface area (Å²) in [5.41, 5.74) is 0. The summed E-state index contributed by atoms with van der Waals surface area (Å²) < 4.78 is 12.7. The molecule has 3 nitrogen and oxygen atoms in total. The lowest BCUT2D eigenvalue weighted by molar-refractivity contribution is -0.128. The third-order valence-corrected chi connectivity index (χ3v) is 2.31. The Kier molecular flexibility index (Phi) is 3.04. The maximum absolute atomic E-state index is 12.7. The molecule has 1 rings (SSSR count). The van der Waals surface area contributed by atoms with Crippen LogP contribution in [0.2, 0.25) is 0 Å². The van der Waals surface area contributed by atoms with Crippen LogP contribution in [0.3, 0.4) is 0 Å². The molecule has 1 aliphatic rings. The number of hydrogen-bond donors (Lipinski definition) is 0. The molecule has 1 heterocycles. The predicted octanol–water partition coefficient (Wildman–Crippen LogP) is 0.844. The van der Waals surface area contributed by atoms with Gasteiger partial charge in [0.15, 0.2) is 0 Å². The van der Waals surface area contributed by atoms with Crippen LogP contribution in [0.15, 0.2) is 0 Å². The second kappa shape index (κ2) is 3.85. The van der Waals surface area contributed by atoms with Gasteiger partial charge in [0, 0.05) is 6.42 Å². The molecule has 1 saturated heterocycles. The molecule has 2 atom stereocenters. The number of carbonyl (C=O) groups is 1. The first-order valence-electron chi connectivity index (χ1n) is 3.58. The maximum Gasteiger partial charge on any atom is 0.234 e. The summed E-state index contributed by atoms with van der Waals surface area (Å²) in [5, 5.41) is 8.72. The predicted molar refractivity (Wildman–Crippen MR) is 44.4 cm³/mol. The molecule has 0 radical (unpaired) electrons. The van der Waals surface area contributed by atoms with Crippen molar-refractivity contribution >= 4 is 21.8 Å². The third kappa shape index (κ3) is 1.75. The summed E-state index contributed by atoms with van der Waals surface area (Å²) in [7, 11) is 0. The highest BCUT2D eigenvalue weighted by Gasteiger charge is 2.34. The smallest absolute Gasteiger partial charge is 0.234 e. The van der Waals surface area contributed by atoms with Crippen LogP contribution in [-0.2, 0) is 4.79 Å². The first-order valence-corrected chi connectivity index (χ1v) is 4.70. The Bertz CT molecular complexity index is 228. The normalized spacial score (nSPS) is 28.6. The van der Waals surface area contributed by atoms with E-state index in [1.807, 2.05) is 6.07 Å². The summed E-state index contributed by atoms with van der Waals surface area (Å²) in [6, 6.07) is 1.33. The minimum atomic E-state index is -1.04. The van der Waals surface area contributed by atoms with Crippen molar-refractivity contribution in [3.05, 3.63) is 0 Å². The number of carbonyl (C=O) groups excluding carboxylic acids is 1. The Labute approximate surface area is 78.3 Å². The molecule has 1 aliphatic heterocycles. The molecule has 1 fully saturated rings. The summed E-state index contributed by atoms with van der Waals surface area (Å²) in [4.78, 5) is 12.4. The van der Waals surface area contributed by atoms with Gasteiger partial charge in [0.1, 0.15) is 12.2 Å². The highest BCUT2D eigenvalue weighted by molar-refractivity contribution is 9.09. The van der Waals surface area contributed by atoms with Gasteiger partial charge in [-0.15, -0.1) is 0 Å². The lowest BCUT2D eigenvalue weighted by Crippen LogP contribution is -2.35. The van der Waals surface area contributed by atoms with Crippen molar-refractivity contribution in [1.82, 2.24) is 4.90 Å². The van der Waals surface area contributed by atoms with Crippen LogP contribution >= 0.6 is 15.9 Å². The van der Waals surface area contributed by atoms with Crippen LogP contribution in [0.25, 0.3) is 0 Å². The molecule has 0 aromatic rings. The summed E-state index contributed by atoms with van der Waals surface area (Å²) in [6.07, 6.45) is -0.896. The molecule has 0 saturated carbocycles. The number of likely N-dealkylation sites (tertiary alicyclic amines) is 1. The second-order valence-corrected chi connectivity index (χ2v) is 3.22. The van der Waals surface area contributed by atoms with Gasteiger partial charge in [-0.3, -0.25) is 4.79 Å². The Hall–Kier alpha value is -0.630. The summed E-state index contributed by atoms with van der Waals surface area (Å²) >= 11 is 2.98. The lowest BCUT2D eigenvalue weighted by Gasteiger charge is -2.17. The van der Waals surface area contributed by atoms with Gasteiger partial charge in [0.05, 0.1) is 17.9 Å². The fraction of sp³-hybridized carbons (Fsp3) is 0.714. The number of nitrogens with zero attached hydrogens (tertiary/aromatic N) is 2. The Morgan fingerprint density at radius 2 is 2.50 bits per heavy atom. The van der Waals surface area contributed by atoms with Crippen molar-refractivity contribution in [2.75, 3.05) is 11.9 Å². The summed E-state index contributed by atoms with van der Waals surface area (Å²) in [6.45, 7) is 0.0582. The fourth-order valence-electron chi connectivity index (χ4n) is 1.26. The van der Waals surface area contributed by atoms with Gasteiger partial charge in [-0.2, -0.15) is 5.26 Å². The zero-order valence-electron chi connectivity index (χ0n) is 6.33. The lowest BCUT2D eigenvalue weighted by atomic mass is 10.2. The molecule has 0 unspecified atom stereocenters. The van der Waals surface area contributed by atoms with E-state index in [-0.39, 0.29) is 24.2 Å². The van der Waals surface area contributed by atoms with Gasteiger partial charge >= 0.3 is 0 Å². The van der Waals surface area contributed by atoms with E-state index in [0.29, 0.717) is 0 Å². The van der Waals surface area contributed by atoms with Gasteiger partial charge in [-0.05, 0) is 0 Å². The van der Waals surface area contributed by atoms with E-state index in [2.05, 4.69) is 15.9 Å². The van der Waals surface area contributed by atoms with E-state index in [1.165, 1.54) is 4.90 Å². The van der Waals surface area contributed by atoms with Crippen LogP contribution in [0.4, 0.5) is 4.39 Å². The minimum absolute atomic E-state index is 0.0582. The van der Waals surface area contributed by atoms with E-state index in [1.54, 1.807) is 0 Å². The molecule has 66 valence electrons. The average Bonchev–Trinajstić information content (AvgIpc) is 2.45. The molecule has 12 heavy (non-hydrogen) atoms. The number of halogens is 2. The standard InChI is InChI=1S/C7H8BrFN2O/c8-2-7(12)11-4-5(9)1-6(11)3-10/h5-6H,1-2,4H2/t5-,6-/m0/s1. The highest BCUT2D eigenvalue weighted by Crippen LogP contribution is 2.20. The van der Waals surface area contributed by atoms with Crippen molar-refractivity contribution in [3.8, 4) is 6.07 Å². The van der Waals surface area contributed by atoms with Gasteiger partial charge in [-0.1, -0.05) is 15.9 Å². The van der Waals surface area contributed by atoms with Crippen LogP contribution < -0.4 is 0 Å². The number of hydrogen-bond acceptors (Lipinski definition) is 2. The molecule has 0 aromatic carbocycles. The zero-order valence-corrected chi connectivity index (χ0v) is 7.92. The van der Waals surface area contributed by atoms with E-state index in [9.17, 15) is 9.18 Å². The third-order valence-electron chi connectivity index (χ3n) is 1.83. The summed E-state index contributed by atoms with van der Waals surface area (Å²) in [5.74, 6) is -0.221. The van der Waals surface area contributed by atoms with Crippen molar-refractivity contribution in [2.45, 2.75) is 18.6 Å². The largest absolute Gasteiger partial charge is 0.323 e. The Morgan fingerprint density at radius 1 is 1.83 bits per heavy atom. The molecule has 1 amide bonds. The van der Waals surface area contributed by atoms with Gasteiger partial charge < -0.3 is 4.90 Å². The highest BCUT2D eigenvalue weighted by atomic mass is 79.9. The maximum atomic E-state index is 12.7. The van der Waals surface area contributed by atoms with Crippen LogP contribution in [0.1, 0.15) is 6.42 Å². The number of alkyl halides is 2. The SMILES string of the molecule is N#C[C@@H]1C[C@H](F)CN1C(=O)CBr. The van der Waals surface area contributed by atoms with Gasteiger partial charge in [-0.25, -0.2) is 4.39 Å². The molecule has 0 aromatic heterocycles. The quantitative estimate of drug-likeness (QED) is 0.632. The molecular formula is C7H8BrFN2O. The Morgan fingerprint density at radius 3 is 3.00 bits per heavy atom. The van der Waals surface area contributed by atoms with Crippen LogP contribution in [-0.4, -0.2) is 34.9 Å².